The van der Waals surface area contributed by atoms with Gasteiger partial charge in [0.2, 0.25) is 0 Å². The van der Waals surface area contributed by atoms with E-state index in [-0.39, 0.29) is 21.7 Å². The van der Waals surface area contributed by atoms with E-state index in [0.29, 0.717) is 5.39 Å². The van der Waals surface area contributed by atoms with Crippen LogP contribution in [-0.2, 0) is 16.1 Å². The van der Waals surface area contributed by atoms with Gasteiger partial charge in [-0.2, -0.15) is 4.68 Å². The molecule has 0 spiro atoms. The summed E-state index contributed by atoms with van der Waals surface area (Å²) in [6.45, 7) is 1.03. The molecule has 1 aromatic carbocycles. The molecule has 0 saturated carbocycles. The van der Waals surface area contributed by atoms with Crippen molar-refractivity contribution in [1.29, 1.82) is 0 Å². The average Bonchev–Trinajstić information content (AvgIpc) is 2.98. The Bertz CT molecular complexity index is 1210. The van der Waals surface area contributed by atoms with E-state index < -0.39 is 34.7 Å². The number of aromatic nitrogens is 3. The summed E-state index contributed by atoms with van der Waals surface area (Å²) in [5.41, 5.74) is 2.07. The van der Waals surface area contributed by atoms with Gasteiger partial charge in [0.1, 0.15) is 6.54 Å². The molecule has 12 heteroatoms. The van der Waals surface area contributed by atoms with Gasteiger partial charge in [0.05, 0.1) is 23.5 Å². The molecule has 2 heterocycles. The van der Waals surface area contributed by atoms with E-state index in [0.717, 1.165) is 15.6 Å². The molecule has 0 fully saturated rings. The van der Waals surface area contributed by atoms with Crippen LogP contribution in [0.5, 0.6) is 0 Å². The van der Waals surface area contributed by atoms with E-state index in [1.165, 1.54) is 20.1 Å². The van der Waals surface area contributed by atoms with Crippen LogP contribution >= 0.6 is 11.6 Å². The molecule has 1 amide bonds. The molecule has 0 radical (unpaired) electrons. The third-order valence-corrected chi connectivity index (χ3v) is 4.60. The maximum Gasteiger partial charge on any atom is 0.408 e. The Morgan fingerprint density at radius 2 is 1.97 bits per heavy atom. The van der Waals surface area contributed by atoms with Crippen LogP contribution in [0, 0.1) is 17.0 Å². The second-order valence-corrected chi connectivity index (χ2v) is 6.31. The molecule has 0 aliphatic rings. The van der Waals surface area contributed by atoms with Crippen molar-refractivity contribution in [3.05, 3.63) is 67.2 Å². The molecule has 1 N–H and O–H groups in total. The van der Waals surface area contributed by atoms with Crippen molar-refractivity contribution in [3.63, 3.8) is 0 Å². The van der Waals surface area contributed by atoms with Crippen molar-refractivity contribution in [1.82, 2.24) is 14.5 Å². The Balaban J connectivity index is 1.96. The standard InChI is InChI=1S/C17H14ClN5O6/c1-9-14(18)15(23(27)28)20-21(9)8-13(24)19-22-7-12(17(26)29-2)10-5-3-4-6-11(10)16(22)25/h3-7H,8H2,1-2H3,(H,19,24). The summed E-state index contributed by atoms with van der Waals surface area (Å²) in [7, 11) is 1.20. The molecule has 3 aromatic rings. The van der Waals surface area contributed by atoms with E-state index in [9.17, 15) is 24.5 Å². The van der Waals surface area contributed by atoms with Crippen molar-refractivity contribution >= 4 is 40.1 Å². The second kappa shape index (κ2) is 7.72. The number of hydrogen-bond acceptors (Lipinski definition) is 7. The number of rotatable bonds is 5. The normalized spacial score (nSPS) is 10.7. The lowest BCUT2D eigenvalue weighted by atomic mass is 10.1. The van der Waals surface area contributed by atoms with Crippen LogP contribution in [0.4, 0.5) is 5.82 Å². The van der Waals surface area contributed by atoms with Crippen LogP contribution in [0.15, 0.2) is 35.3 Å². The van der Waals surface area contributed by atoms with Gasteiger partial charge in [-0.3, -0.25) is 15.0 Å². The Morgan fingerprint density at radius 3 is 2.55 bits per heavy atom. The first-order valence-corrected chi connectivity index (χ1v) is 8.52. The Labute approximate surface area is 167 Å². The first-order chi connectivity index (χ1) is 13.7. The average molecular weight is 420 g/mol. The smallest absolute Gasteiger partial charge is 0.408 e. The zero-order valence-corrected chi connectivity index (χ0v) is 16.0. The molecule has 0 unspecified atom stereocenters. The first-order valence-electron chi connectivity index (χ1n) is 8.14. The summed E-state index contributed by atoms with van der Waals surface area (Å²) in [5.74, 6) is -1.97. The van der Waals surface area contributed by atoms with E-state index >= 15 is 0 Å². The van der Waals surface area contributed by atoms with Gasteiger partial charge in [0.25, 0.3) is 11.5 Å². The largest absolute Gasteiger partial charge is 0.465 e. The van der Waals surface area contributed by atoms with Crippen LogP contribution in [0.3, 0.4) is 0 Å². The molecule has 0 bridgehead atoms. The highest BCUT2D eigenvalue weighted by Crippen LogP contribution is 2.26. The third-order valence-electron chi connectivity index (χ3n) is 4.16. The topological polar surface area (TPSA) is 138 Å². The van der Waals surface area contributed by atoms with E-state index in [1.807, 2.05) is 0 Å². The van der Waals surface area contributed by atoms with Crippen molar-refractivity contribution in [2.75, 3.05) is 12.5 Å². The summed E-state index contributed by atoms with van der Waals surface area (Å²) in [5, 5.41) is 15.0. The number of nitrogens with zero attached hydrogens (tertiary/aromatic N) is 4. The van der Waals surface area contributed by atoms with Gasteiger partial charge in [0, 0.05) is 17.0 Å². The highest BCUT2D eigenvalue weighted by molar-refractivity contribution is 6.33. The SMILES string of the molecule is COC(=O)c1cn(NC(=O)Cn2nc([N+](=O)[O-])c(Cl)c2C)c(=O)c2ccccc12. The van der Waals surface area contributed by atoms with Crippen molar-refractivity contribution in [2.45, 2.75) is 13.5 Å². The predicted molar refractivity (Wildman–Crippen MR) is 103 cm³/mol. The molecule has 150 valence electrons. The van der Waals surface area contributed by atoms with Gasteiger partial charge in [-0.15, -0.1) is 0 Å². The molecule has 11 nitrogen and oxygen atoms in total. The number of amides is 1. The predicted octanol–water partition coefficient (Wildman–Crippen LogP) is 1.62. The summed E-state index contributed by atoms with van der Waals surface area (Å²) in [6.07, 6.45) is 1.15. The van der Waals surface area contributed by atoms with Crippen molar-refractivity contribution in [3.8, 4) is 0 Å². The minimum atomic E-state index is -0.764. The van der Waals surface area contributed by atoms with Gasteiger partial charge in [-0.1, -0.05) is 29.8 Å². The number of nitro groups is 1. The lowest BCUT2D eigenvalue weighted by molar-refractivity contribution is -0.389. The Kier molecular flexibility index (Phi) is 5.33. The first kappa shape index (κ1) is 20.0. The number of nitrogens with one attached hydrogen (secondary N) is 1. The van der Waals surface area contributed by atoms with Crippen LogP contribution < -0.4 is 11.0 Å². The fourth-order valence-electron chi connectivity index (χ4n) is 2.73. The number of carbonyl (C=O) groups is 2. The highest BCUT2D eigenvalue weighted by Gasteiger charge is 2.25. The van der Waals surface area contributed by atoms with E-state index in [4.69, 9.17) is 16.3 Å². The zero-order valence-electron chi connectivity index (χ0n) is 15.2. The summed E-state index contributed by atoms with van der Waals surface area (Å²) in [4.78, 5) is 47.3. The van der Waals surface area contributed by atoms with Crippen LogP contribution in [-0.4, -0.2) is 38.4 Å². The fourth-order valence-corrected chi connectivity index (χ4v) is 2.94. The molecule has 0 aliphatic carbocycles. The maximum absolute atomic E-state index is 12.7. The lowest BCUT2D eigenvalue weighted by Gasteiger charge is -2.12. The van der Waals surface area contributed by atoms with Gasteiger partial charge >= 0.3 is 11.8 Å². The minimum absolute atomic E-state index is 0.0805. The number of carbonyl (C=O) groups excluding carboxylic acids is 2. The fraction of sp³-hybridized carbons (Fsp3) is 0.176. The minimum Gasteiger partial charge on any atom is -0.465 e. The summed E-state index contributed by atoms with van der Waals surface area (Å²) < 4.78 is 6.63. The van der Waals surface area contributed by atoms with Gasteiger partial charge < -0.3 is 14.9 Å². The molecule has 2 aromatic heterocycles. The molecule has 0 aliphatic heterocycles. The Morgan fingerprint density at radius 1 is 1.31 bits per heavy atom. The molecular weight excluding hydrogens is 406 g/mol. The second-order valence-electron chi connectivity index (χ2n) is 5.93. The van der Waals surface area contributed by atoms with Crippen LogP contribution in [0.25, 0.3) is 10.8 Å². The zero-order chi connectivity index (χ0) is 21.3. The molecule has 0 saturated heterocycles. The molecule has 29 heavy (non-hydrogen) atoms. The van der Waals surface area contributed by atoms with E-state index in [2.05, 4.69) is 10.5 Å². The van der Waals surface area contributed by atoms with Gasteiger partial charge in [0.15, 0.2) is 5.02 Å². The summed E-state index contributed by atoms with van der Waals surface area (Å²) in [6, 6.07) is 6.37. The monoisotopic (exact) mass is 419 g/mol. The molecule has 3 rings (SSSR count). The summed E-state index contributed by atoms with van der Waals surface area (Å²) >= 11 is 5.85. The highest BCUT2D eigenvalue weighted by atomic mass is 35.5. The van der Waals surface area contributed by atoms with Crippen molar-refractivity contribution < 1.29 is 19.2 Å². The number of ether oxygens (including phenoxy) is 1. The number of pyridine rings is 1. The number of methoxy groups -OCH3 is 1. The van der Waals surface area contributed by atoms with E-state index in [1.54, 1.807) is 18.2 Å². The Hall–Kier alpha value is -3.73. The van der Waals surface area contributed by atoms with Crippen LogP contribution in [0.1, 0.15) is 16.1 Å². The third kappa shape index (κ3) is 3.67. The number of halogens is 1. The molecule has 0 atom stereocenters. The number of esters is 1. The number of fused-ring (bicyclic) bond motifs is 1. The maximum atomic E-state index is 12.7. The lowest BCUT2D eigenvalue weighted by Crippen LogP contribution is -2.35. The van der Waals surface area contributed by atoms with Gasteiger partial charge in [-0.05, 0) is 17.9 Å². The molecular formula is C17H14ClN5O6. The van der Waals surface area contributed by atoms with Gasteiger partial charge in [-0.25, -0.2) is 9.47 Å². The quantitative estimate of drug-likeness (QED) is 0.376. The van der Waals surface area contributed by atoms with Crippen LogP contribution in [0.2, 0.25) is 5.02 Å². The number of benzene rings is 1. The number of hydrogen-bond donors (Lipinski definition) is 1. The van der Waals surface area contributed by atoms with Crippen molar-refractivity contribution in [2.24, 2.45) is 0 Å².